The monoisotopic (exact) mass is 443 g/mol. The Morgan fingerprint density at radius 3 is 2.45 bits per heavy atom. The summed E-state index contributed by atoms with van der Waals surface area (Å²) in [5, 5.41) is 3.97. The van der Waals surface area contributed by atoms with E-state index >= 15 is 0 Å². The number of rotatable bonds is 8. The van der Waals surface area contributed by atoms with Crippen molar-refractivity contribution in [3.63, 3.8) is 0 Å². The lowest BCUT2D eigenvalue weighted by Crippen LogP contribution is -2.16. The molecule has 4 rings (SSSR count). The maximum Gasteiger partial charge on any atom is 0.307 e. The van der Waals surface area contributed by atoms with E-state index in [4.69, 9.17) is 13.9 Å². The number of benzene rings is 2. The molecule has 0 unspecified atom stereocenters. The van der Waals surface area contributed by atoms with Gasteiger partial charge < -0.3 is 18.5 Å². The standard InChI is InChI=1S/C26H25N3O4/c1-18-8-9-19(2)29(18)21-10-12-22(13-11-21)32-17-23-14-15-25(33-23)26(30)28-27-16-20-6-4-5-7-24(20)31-3/h4-16H,17H2,1-3H3,(H,28,30)/b27-16+. The summed E-state index contributed by atoms with van der Waals surface area (Å²) in [4.78, 5) is 12.3. The third-order valence-corrected chi connectivity index (χ3v) is 5.14. The molecule has 33 heavy (non-hydrogen) atoms. The largest absolute Gasteiger partial charge is 0.496 e. The van der Waals surface area contributed by atoms with Crippen molar-refractivity contribution in [1.29, 1.82) is 0 Å². The highest BCUT2D eigenvalue weighted by molar-refractivity contribution is 5.92. The first-order valence-electron chi connectivity index (χ1n) is 10.5. The highest BCUT2D eigenvalue weighted by atomic mass is 16.5. The SMILES string of the molecule is COc1ccccc1/C=N/NC(=O)c1ccc(COc2ccc(-n3c(C)ccc3C)cc2)o1. The molecule has 7 nitrogen and oxygen atoms in total. The first kappa shape index (κ1) is 22.0. The lowest BCUT2D eigenvalue weighted by molar-refractivity contribution is 0.0923. The number of amides is 1. The summed E-state index contributed by atoms with van der Waals surface area (Å²) in [5.74, 6) is 1.62. The molecule has 0 fully saturated rings. The molecular weight excluding hydrogens is 418 g/mol. The van der Waals surface area contributed by atoms with Crippen LogP contribution in [0.4, 0.5) is 0 Å². The average molecular weight is 444 g/mol. The number of nitrogens with zero attached hydrogens (tertiary/aromatic N) is 2. The molecule has 168 valence electrons. The van der Waals surface area contributed by atoms with Crippen molar-refractivity contribution in [1.82, 2.24) is 9.99 Å². The molecule has 0 bridgehead atoms. The van der Waals surface area contributed by atoms with Crippen molar-refractivity contribution in [2.24, 2.45) is 5.10 Å². The van der Waals surface area contributed by atoms with Gasteiger partial charge in [-0.15, -0.1) is 0 Å². The number of aromatic nitrogens is 1. The predicted octanol–water partition coefficient (Wildman–Crippen LogP) is 5.04. The first-order chi connectivity index (χ1) is 16.0. The van der Waals surface area contributed by atoms with Crippen LogP contribution >= 0.6 is 0 Å². The number of methoxy groups -OCH3 is 1. The zero-order valence-corrected chi connectivity index (χ0v) is 18.7. The van der Waals surface area contributed by atoms with Crippen molar-refractivity contribution >= 4 is 12.1 Å². The van der Waals surface area contributed by atoms with Gasteiger partial charge in [0, 0.05) is 22.6 Å². The van der Waals surface area contributed by atoms with E-state index in [0.29, 0.717) is 17.3 Å². The van der Waals surface area contributed by atoms with Gasteiger partial charge in [-0.25, -0.2) is 5.43 Å². The fourth-order valence-electron chi connectivity index (χ4n) is 3.49. The number of furan rings is 1. The minimum absolute atomic E-state index is 0.152. The number of aryl methyl sites for hydroxylation is 2. The van der Waals surface area contributed by atoms with E-state index in [1.807, 2.05) is 48.5 Å². The number of carbonyl (C=O) groups excluding carboxylic acids is 1. The van der Waals surface area contributed by atoms with Crippen LogP contribution in [0.15, 0.2) is 82.3 Å². The van der Waals surface area contributed by atoms with Crippen LogP contribution in [-0.4, -0.2) is 23.8 Å². The second kappa shape index (κ2) is 9.91. The molecule has 0 saturated carbocycles. The number of carbonyl (C=O) groups is 1. The number of para-hydroxylation sites is 1. The Bertz CT molecular complexity index is 1250. The molecule has 7 heteroatoms. The van der Waals surface area contributed by atoms with E-state index in [1.165, 1.54) is 17.6 Å². The summed E-state index contributed by atoms with van der Waals surface area (Å²) < 4.78 is 18.8. The van der Waals surface area contributed by atoms with Crippen LogP contribution in [0.1, 0.15) is 33.3 Å². The maximum atomic E-state index is 12.3. The van der Waals surface area contributed by atoms with Gasteiger partial charge in [-0.05, 0) is 74.5 Å². The van der Waals surface area contributed by atoms with Gasteiger partial charge in [-0.3, -0.25) is 4.79 Å². The molecule has 2 heterocycles. The minimum atomic E-state index is -0.450. The summed E-state index contributed by atoms with van der Waals surface area (Å²) in [6.45, 7) is 4.36. The number of hydrogen-bond acceptors (Lipinski definition) is 5. The van der Waals surface area contributed by atoms with Gasteiger partial charge in [0.25, 0.3) is 0 Å². The van der Waals surface area contributed by atoms with Crippen molar-refractivity contribution in [3.8, 4) is 17.2 Å². The fraction of sp³-hybridized carbons (Fsp3) is 0.154. The second-order valence-corrected chi connectivity index (χ2v) is 7.44. The summed E-state index contributed by atoms with van der Waals surface area (Å²) in [5.41, 5.74) is 6.63. The van der Waals surface area contributed by atoms with Crippen LogP contribution in [0, 0.1) is 13.8 Å². The zero-order chi connectivity index (χ0) is 23.2. The number of ether oxygens (including phenoxy) is 2. The van der Waals surface area contributed by atoms with Gasteiger partial charge in [0.05, 0.1) is 13.3 Å². The number of hydrazone groups is 1. The molecule has 0 aliphatic carbocycles. The third kappa shape index (κ3) is 5.15. The van der Waals surface area contributed by atoms with Crippen LogP contribution in [0.3, 0.4) is 0 Å². The Labute approximate surface area is 192 Å². The quantitative estimate of drug-likeness (QED) is 0.306. The summed E-state index contributed by atoms with van der Waals surface area (Å²) in [7, 11) is 1.58. The van der Waals surface area contributed by atoms with Crippen LogP contribution in [0.2, 0.25) is 0 Å². The van der Waals surface area contributed by atoms with Gasteiger partial charge in [0.1, 0.15) is 23.9 Å². The van der Waals surface area contributed by atoms with E-state index in [1.54, 1.807) is 19.2 Å². The minimum Gasteiger partial charge on any atom is -0.496 e. The fourth-order valence-corrected chi connectivity index (χ4v) is 3.49. The molecule has 0 aliphatic rings. The Kier molecular flexibility index (Phi) is 6.59. The van der Waals surface area contributed by atoms with Gasteiger partial charge in [0.2, 0.25) is 0 Å². The molecule has 0 atom stereocenters. The van der Waals surface area contributed by atoms with E-state index < -0.39 is 5.91 Å². The van der Waals surface area contributed by atoms with E-state index in [2.05, 4.69) is 41.1 Å². The smallest absolute Gasteiger partial charge is 0.307 e. The zero-order valence-electron chi connectivity index (χ0n) is 18.7. The molecule has 0 radical (unpaired) electrons. The molecule has 2 aromatic carbocycles. The summed E-state index contributed by atoms with van der Waals surface area (Å²) >= 11 is 0. The van der Waals surface area contributed by atoms with E-state index in [9.17, 15) is 4.79 Å². The molecule has 1 amide bonds. The van der Waals surface area contributed by atoms with E-state index in [0.717, 1.165) is 11.3 Å². The van der Waals surface area contributed by atoms with Crippen molar-refractivity contribution < 1.29 is 18.7 Å². The van der Waals surface area contributed by atoms with Gasteiger partial charge in [-0.1, -0.05) is 12.1 Å². The average Bonchev–Trinajstić information content (AvgIpc) is 3.44. The summed E-state index contributed by atoms with van der Waals surface area (Å²) in [6.07, 6.45) is 1.52. The maximum absolute atomic E-state index is 12.3. The molecule has 0 aliphatic heterocycles. The van der Waals surface area contributed by atoms with Crippen LogP contribution < -0.4 is 14.9 Å². The Morgan fingerprint density at radius 1 is 1.00 bits per heavy atom. The van der Waals surface area contributed by atoms with Crippen molar-refractivity contribution in [2.75, 3.05) is 7.11 Å². The van der Waals surface area contributed by atoms with Gasteiger partial charge >= 0.3 is 5.91 Å². The molecule has 4 aromatic rings. The second-order valence-electron chi connectivity index (χ2n) is 7.44. The lowest BCUT2D eigenvalue weighted by atomic mass is 10.2. The van der Waals surface area contributed by atoms with Crippen LogP contribution in [0.5, 0.6) is 11.5 Å². The Morgan fingerprint density at radius 2 is 1.73 bits per heavy atom. The predicted molar refractivity (Wildman–Crippen MR) is 126 cm³/mol. The van der Waals surface area contributed by atoms with Crippen molar-refractivity contribution in [2.45, 2.75) is 20.5 Å². The first-order valence-corrected chi connectivity index (χ1v) is 10.5. The van der Waals surface area contributed by atoms with Gasteiger partial charge in [-0.2, -0.15) is 5.10 Å². The third-order valence-electron chi connectivity index (χ3n) is 5.14. The van der Waals surface area contributed by atoms with Gasteiger partial charge in [0.15, 0.2) is 5.76 Å². The van der Waals surface area contributed by atoms with E-state index in [-0.39, 0.29) is 12.4 Å². The number of hydrogen-bond donors (Lipinski definition) is 1. The normalized spacial score (nSPS) is 11.0. The topological polar surface area (TPSA) is 78.0 Å². The Balaban J connectivity index is 1.32. The lowest BCUT2D eigenvalue weighted by Gasteiger charge is -2.10. The molecule has 0 spiro atoms. The van der Waals surface area contributed by atoms with Crippen LogP contribution in [0.25, 0.3) is 5.69 Å². The number of nitrogens with one attached hydrogen (secondary N) is 1. The Hall–Kier alpha value is -4.26. The van der Waals surface area contributed by atoms with Crippen molar-refractivity contribution in [3.05, 3.63) is 101 Å². The van der Waals surface area contributed by atoms with Crippen LogP contribution in [-0.2, 0) is 6.61 Å². The molecule has 1 N–H and O–H groups in total. The highest BCUT2D eigenvalue weighted by Gasteiger charge is 2.11. The highest BCUT2D eigenvalue weighted by Crippen LogP contribution is 2.21. The molecule has 0 saturated heterocycles. The molecular formula is C26H25N3O4. The summed E-state index contributed by atoms with van der Waals surface area (Å²) in [6, 6.07) is 22.7. The molecule has 2 aromatic heterocycles.